The van der Waals surface area contributed by atoms with Crippen LogP contribution in [0.1, 0.15) is 11.6 Å². The zero-order valence-electron chi connectivity index (χ0n) is 6.97. The number of hydrogen-bond donors (Lipinski definition) is 4. The summed E-state index contributed by atoms with van der Waals surface area (Å²) in [5.74, 6) is -0.355. The Kier molecular flexibility index (Phi) is 4.55. The molecule has 0 aliphatic rings. The molecule has 0 unspecified atom stereocenters. The summed E-state index contributed by atoms with van der Waals surface area (Å²) in [6, 6.07) is 4.20. The molecule has 0 fully saturated rings. The fourth-order valence-corrected chi connectivity index (χ4v) is 0.975. The van der Waals surface area contributed by atoms with E-state index in [1.807, 2.05) is 0 Å². The summed E-state index contributed by atoms with van der Waals surface area (Å²) in [5.41, 5.74) is 11.3. The van der Waals surface area contributed by atoms with Crippen LogP contribution in [0.5, 0.6) is 11.5 Å². The van der Waals surface area contributed by atoms with Gasteiger partial charge in [0.15, 0.2) is 11.5 Å². The van der Waals surface area contributed by atoms with Crippen LogP contribution in [-0.4, -0.2) is 16.8 Å². The number of aromatic hydroxyl groups is 2. The number of rotatable bonds is 2. The van der Waals surface area contributed by atoms with Gasteiger partial charge in [-0.3, -0.25) is 0 Å². The molecule has 74 valence electrons. The van der Waals surface area contributed by atoms with Crippen LogP contribution in [-0.2, 0) is 0 Å². The Morgan fingerprint density at radius 3 is 2.46 bits per heavy atom. The van der Waals surface area contributed by atoms with E-state index in [4.69, 9.17) is 16.6 Å². The zero-order chi connectivity index (χ0) is 9.14. The Hall–Kier alpha value is -0.970. The number of halogens is 1. The first kappa shape index (κ1) is 12.0. The Balaban J connectivity index is 0.00000144. The minimum Gasteiger partial charge on any atom is -0.504 e. The smallest absolute Gasteiger partial charge is 0.162 e. The van der Waals surface area contributed by atoms with E-state index in [0.29, 0.717) is 5.56 Å². The summed E-state index contributed by atoms with van der Waals surface area (Å²) >= 11 is 0. The Labute approximate surface area is 82.6 Å². The zero-order valence-corrected chi connectivity index (χ0v) is 7.79. The molecule has 1 rings (SSSR count). The van der Waals surface area contributed by atoms with E-state index >= 15 is 0 Å². The van der Waals surface area contributed by atoms with Crippen LogP contribution in [0.2, 0.25) is 0 Å². The highest BCUT2D eigenvalue weighted by molar-refractivity contribution is 5.85. The van der Waals surface area contributed by atoms with Gasteiger partial charge in [-0.05, 0) is 6.07 Å². The molecule has 1 atom stereocenters. The largest absolute Gasteiger partial charge is 0.504 e. The number of hydrogen-bond acceptors (Lipinski definition) is 4. The molecule has 6 N–H and O–H groups in total. The van der Waals surface area contributed by atoms with Crippen molar-refractivity contribution in [2.24, 2.45) is 11.5 Å². The van der Waals surface area contributed by atoms with Crippen LogP contribution in [0.3, 0.4) is 0 Å². The van der Waals surface area contributed by atoms with E-state index < -0.39 is 6.04 Å². The quantitative estimate of drug-likeness (QED) is 0.528. The topological polar surface area (TPSA) is 92.5 Å². The van der Waals surface area contributed by atoms with Crippen LogP contribution in [0.15, 0.2) is 18.2 Å². The highest BCUT2D eigenvalue weighted by Crippen LogP contribution is 2.30. The van der Waals surface area contributed by atoms with Gasteiger partial charge in [0.05, 0.1) is 0 Å². The first-order valence-electron chi connectivity index (χ1n) is 3.63. The molecular formula is C8H13ClN2O2. The molecular weight excluding hydrogens is 192 g/mol. The molecule has 0 bridgehead atoms. The third-order valence-electron chi connectivity index (χ3n) is 1.70. The molecule has 0 aliphatic carbocycles. The Morgan fingerprint density at radius 1 is 1.31 bits per heavy atom. The first-order chi connectivity index (χ1) is 5.66. The van der Waals surface area contributed by atoms with Gasteiger partial charge in [-0.15, -0.1) is 12.4 Å². The van der Waals surface area contributed by atoms with E-state index in [9.17, 15) is 5.11 Å². The van der Waals surface area contributed by atoms with Crippen LogP contribution in [0.25, 0.3) is 0 Å². The van der Waals surface area contributed by atoms with Crippen molar-refractivity contribution in [3.8, 4) is 11.5 Å². The number of para-hydroxylation sites is 1. The van der Waals surface area contributed by atoms with E-state index in [-0.39, 0.29) is 30.5 Å². The average Bonchev–Trinajstić information content (AvgIpc) is 2.08. The van der Waals surface area contributed by atoms with Gasteiger partial charge in [0.1, 0.15) is 0 Å². The molecule has 1 aromatic carbocycles. The molecule has 0 aromatic heterocycles. The van der Waals surface area contributed by atoms with Crippen LogP contribution in [0, 0.1) is 0 Å². The third-order valence-corrected chi connectivity index (χ3v) is 1.70. The highest BCUT2D eigenvalue weighted by Gasteiger charge is 2.11. The minimum absolute atomic E-state index is 0. The first-order valence-corrected chi connectivity index (χ1v) is 3.63. The second kappa shape index (κ2) is 4.91. The molecule has 4 nitrogen and oxygen atoms in total. The fourth-order valence-electron chi connectivity index (χ4n) is 0.975. The van der Waals surface area contributed by atoms with Crippen molar-refractivity contribution in [2.45, 2.75) is 6.04 Å². The van der Waals surface area contributed by atoms with Gasteiger partial charge in [-0.2, -0.15) is 0 Å². The van der Waals surface area contributed by atoms with Crippen molar-refractivity contribution in [1.82, 2.24) is 0 Å². The van der Waals surface area contributed by atoms with Crippen LogP contribution in [0.4, 0.5) is 0 Å². The number of benzene rings is 1. The number of phenolic OH excluding ortho intramolecular Hbond substituents is 2. The molecule has 13 heavy (non-hydrogen) atoms. The molecule has 0 saturated heterocycles. The lowest BCUT2D eigenvalue weighted by Gasteiger charge is -2.11. The van der Waals surface area contributed by atoms with Crippen LogP contribution >= 0.6 is 12.4 Å². The summed E-state index contributed by atoms with van der Waals surface area (Å²) in [5, 5.41) is 18.4. The maximum absolute atomic E-state index is 9.31. The lowest BCUT2D eigenvalue weighted by Crippen LogP contribution is -2.20. The van der Waals surface area contributed by atoms with Gasteiger partial charge in [-0.25, -0.2) is 0 Å². The lowest BCUT2D eigenvalue weighted by atomic mass is 10.1. The Bertz CT molecular complexity index is 281. The van der Waals surface area contributed by atoms with Crippen molar-refractivity contribution in [1.29, 1.82) is 0 Å². The maximum Gasteiger partial charge on any atom is 0.162 e. The molecule has 5 heteroatoms. The van der Waals surface area contributed by atoms with Crippen molar-refractivity contribution >= 4 is 12.4 Å². The van der Waals surface area contributed by atoms with Crippen molar-refractivity contribution < 1.29 is 10.2 Å². The summed E-state index contributed by atoms with van der Waals surface area (Å²) in [6.45, 7) is 0.233. The molecule has 0 heterocycles. The molecule has 0 radical (unpaired) electrons. The second-order valence-corrected chi connectivity index (χ2v) is 2.56. The SMILES string of the molecule is Cl.NC[C@H](N)c1cccc(O)c1O. The van der Waals surface area contributed by atoms with E-state index in [2.05, 4.69) is 0 Å². The standard InChI is InChI=1S/C8H12N2O2.ClH/c9-4-6(10)5-2-1-3-7(11)8(5)12;/h1-3,6,11-12H,4,9-10H2;1H/t6-;/m0./s1. The summed E-state index contributed by atoms with van der Waals surface area (Å²) in [7, 11) is 0. The molecule has 1 aromatic rings. The lowest BCUT2D eigenvalue weighted by molar-refractivity contribution is 0.396. The van der Waals surface area contributed by atoms with Gasteiger partial charge in [0.2, 0.25) is 0 Å². The fraction of sp³-hybridized carbons (Fsp3) is 0.250. The Morgan fingerprint density at radius 2 is 1.92 bits per heavy atom. The molecule has 0 amide bonds. The number of nitrogens with two attached hydrogens (primary N) is 2. The predicted molar refractivity (Wildman–Crippen MR) is 53.0 cm³/mol. The van der Waals surface area contributed by atoms with E-state index in [1.165, 1.54) is 6.07 Å². The van der Waals surface area contributed by atoms with Gasteiger partial charge < -0.3 is 21.7 Å². The summed E-state index contributed by atoms with van der Waals surface area (Å²) < 4.78 is 0. The van der Waals surface area contributed by atoms with Crippen LogP contribution < -0.4 is 11.5 Å². The summed E-state index contributed by atoms with van der Waals surface area (Å²) in [6.07, 6.45) is 0. The van der Waals surface area contributed by atoms with Gasteiger partial charge >= 0.3 is 0 Å². The monoisotopic (exact) mass is 204 g/mol. The molecule has 0 aliphatic heterocycles. The van der Waals surface area contributed by atoms with Gasteiger partial charge in [0, 0.05) is 18.2 Å². The van der Waals surface area contributed by atoms with Crippen molar-refractivity contribution in [2.75, 3.05) is 6.54 Å². The van der Waals surface area contributed by atoms with Gasteiger partial charge in [-0.1, -0.05) is 12.1 Å². The molecule has 0 saturated carbocycles. The summed E-state index contributed by atoms with van der Waals surface area (Å²) in [4.78, 5) is 0. The van der Waals surface area contributed by atoms with Crippen molar-refractivity contribution in [3.05, 3.63) is 23.8 Å². The normalized spacial score (nSPS) is 11.8. The maximum atomic E-state index is 9.31. The predicted octanol–water partition coefficient (Wildman–Crippen LogP) is 0.478. The minimum atomic E-state index is -0.433. The third kappa shape index (κ3) is 2.48. The number of phenols is 2. The van der Waals surface area contributed by atoms with E-state index in [1.54, 1.807) is 12.1 Å². The highest BCUT2D eigenvalue weighted by atomic mass is 35.5. The van der Waals surface area contributed by atoms with E-state index in [0.717, 1.165) is 0 Å². The second-order valence-electron chi connectivity index (χ2n) is 2.56. The van der Waals surface area contributed by atoms with Crippen molar-refractivity contribution in [3.63, 3.8) is 0 Å². The van der Waals surface area contributed by atoms with Gasteiger partial charge in [0.25, 0.3) is 0 Å². The average molecular weight is 205 g/mol. The molecule has 0 spiro atoms.